The molecule has 1 amide bonds. The molecule has 0 radical (unpaired) electrons. The van der Waals surface area contributed by atoms with Gasteiger partial charge in [-0.15, -0.1) is 0 Å². The number of H-pyrrole nitrogens is 1. The average molecular weight is 459 g/mol. The fourth-order valence-corrected chi connectivity index (χ4v) is 5.30. The molecule has 9 heteroatoms. The highest BCUT2D eigenvalue weighted by atomic mass is 19.2. The lowest BCUT2D eigenvalue weighted by molar-refractivity contribution is -0.136. The molecular weight excluding hydrogens is 438 g/mol. The molecule has 2 heterocycles. The highest BCUT2D eigenvalue weighted by molar-refractivity contribution is 5.86. The molecule has 1 aromatic carbocycles. The molecule has 0 unspecified atom stereocenters. The van der Waals surface area contributed by atoms with Gasteiger partial charge in [0, 0.05) is 17.0 Å². The highest BCUT2D eigenvalue weighted by Gasteiger charge is 2.57. The average Bonchev–Trinajstić information content (AvgIpc) is 2.69. The molecular formula is C24H21F4N3O2. The van der Waals surface area contributed by atoms with Gasteiger partial charge < -0.3 is 10.3 Å². The zero-order chi connectivity index (χ0) is 23.5. The van der Waals surface area contributed by atoms with Crippen LogP contribution in [0.2, 0.25) is 0 Å². The molecule has 33 heavy (non-hydrogen) atoms. The molecule has 2 aromatic heterocycles. The van der Waals surface area contributed by atoms with Crippen LogP contribution in [0.3, 0.4) is 0 Å². The van der Waals surface area contributed by atoms with Gasteiger partial charge in [-0.25, -0.2) is 17.6 Å². The van der Waals surface area contributed by atoms with Crippen LogP contribution in [-0.2, 0) is 4.79 Å². The maximum Gasteiger partial charge on any atom is 0.252 e. The Hall–Kier alpha value is -3.23. The van der Waals surface area contributed by atoms with E-state index in [4.69, 9.17) is 0 Å². The van der Waals surface area contributed by atoms with Crippen LogP contribution in [0.1, 0.15) is 55.8 Å². The number of hydrogen-bond acceptors (Lipinski definition) is 3. The zero-order valence-corrected chi connectivity index (χ0v) is 17.7. The van der Waals surface area contributed by atoms with Crippen molar-refractivity contribution in [3.05, 3.63) is 75.3 Å². The van der Waals surface area contributed by atoms with Crippen LogP contribution in [0.5, 0.6) is 0 Å². The molecule has 3 aliphatic carbocycles. The Balaban J connectivity index is 1.51. The topological polar surface area (TPSA) is 74.8 Å². The predicted octanol–water partition coefficient (Wildman–Crippen LogP) is 4.63. The number of rotatable bonds is 6. The first-order chi connectivity index (χ1) is 15.7. The molecule has 2 atom stereocenters. The van der Waals surface area contributed by atoms with Crippen molar-refractivity contribution in [1.29, 1.82) is 0 Å². The number of aromatic nitrogens is 2. The number of carbonyl (C=O) groups is 1. The Kier molecular flexibility index (Phi) is 5.02. The van der Waals surface area contributed by atoms with Crippen LogP contribution in [0.15, 0.2) is 35.3 Å². The summed E-state index contributed by atoms with van der Waals surface area (Å²) in [7, 11) is 0. The van der Waals surface area contributed by atoms with Crippen LogP contribution in [0.25, 0.3) is 10.9 Å². The van der Waals surface area contributed by atoms with Crippen molar-refractivity contribution in [2.75, 3.05) is 0 Å². The SMILES string of the molecule is C[C@H](NC(=O)[C@@H](CC12CC(C1)C2)c1cc2c(F)c(F)ccc2[nH]c1=O)c1ncc(F)cc1F. The summed E-state index contributed by atoms with van der Waals surface area (Å²) in [6.45, 7) is 1.50. The number of nitrogens with one attached hydrogen (secondary N) is 2. The Morgan fingerprint density at radius 3 is 2.55 bits per heavy atom. The van der Waals surface area contributed by atoms with Crippen molar-refractivity contribution < 1.29 is 22.4 Å². The van der Waals surface area contributed by atoms with Crippen molar-refractivity contribution in [1.82, 2.24) is 15.3 Å². The summed E-state index contributed by atoms with van der Waals surface area (Å²) < 4.78 is 55.6. The number of amides is 1. The van der Waals surface area contributed by atoms with E-state index in [-0.39, 0.29) is 27.6 Å². The third-order valence-electron chi connectivity index (χ3n) is 7.04. The van der Waals surface area contributed by atoms with E-state index >= 15 is 0 Å². The van der Waals surface area contributed by atoms with Crippen molar-refractivity contribution in [2.24, 2.45) is 11.3 Å². The molecule has 0 saturated heterocycles. The van der Waals surface area contributed by atoms with Crippen LogP contribution in [0, 0.1) is 34.6 Å². The minimum atomic E-state index is -1.11. The molecule has 3 aromatic rings. The molecule has 2 bridgehead atoms. The maximum absolute atomic E-state index is 14.4. The van der Waals surface area contributed by atoms with Crippen molar-refractivity contribution in [3.63, 3.8) is 0 Å². The monoisotopic (exact) mass is 459 g/mol. The Labute approximate surface area is 186 Å². The lowest BCUT2D eigenvalue weighted by atomic mass is 9.42. The van der Waals surface area contributed by atoms with Crippen LogP contribution in [-0.4, -0.2) is 15.9 Å². The van der Waals surface area contributed by atoms with E-state index in [0.29, 0.717) is 18.4 Å². The Bertz CT molecular complexity index is 1320. The largest absolute Gasteiger partial charge is 0.347 e. The van der Waals surface area contributed by atoms with E-state index in [9.17, 15) is 27.2 Å². The van der Waals surface area contributed by atoms with Crippen LogP contribution >= 0.6 is 0 Å². The quantitative estimate of drug-likeness (QED) is 0.528. The fourth-order valence-electron chi connectivity index (χ4n) is 5.30. The van der Waals surface area contributed by atoms with Crippen LogP contribution < -0.4 is 10.9 Å². The molecule has 3 aliphatic rings. The van der Waals surface area contributed by atoms with Gasteiger partial charge in [-0.1, -0.05) is 0 Å². The van der Waals surface area contributed by atoms with Gasteiger partial charge in [0.15, 0.2) is 11.6 Å². The summed E-state index contributed by atoms with van der Waals surface area (Å²) in [5.74, 6) is -4.79. The lowest BCUT2D eigenvalue weighted by Gasteiger charge is -2.63. The lowest BCUT2D eigenvalue weighted by Crippen LogP contribution is -2.53. The second kappa shape index (κ2) is 7.67. The molecule has 5 nitrogen and oxygen atoms in total. The number of fused-ring (bicyclic) bond motifs is 1. The molecule has 3 fully saturated rings. The number of aromatic amines is 1. The predicted molar refractivity (Wildman–Crippen MR) is 112 cm³/mol. The molecule has 172 valence electrons. The van der Waals surface area contributed by atoms with Gasteiger partial charge in [0.1, 0.15) is 11.6 Å². The van der Waals surface area contributed by atoms with Gasteiger partial charge in [0.2, 0.25) is 5.91 Å². The maximum atomic E-state index is 14.4. The van der Waals surface area contributed by atoms with Gasteiger partial charge >= 0.3 is 0 Å². The van der Waals surface area contributed by atoms with E-state index < -0.39 is 46.7 Å². The summed E-state index contributed by atoms with van der Waals surface area (Å²) in [5, 5.41) is 2.53. The summed E-state index contributed by atoms with van der Waals surface area (Å²) in [5.41, 5.74) is -0.627. The molecule has 6 rings (SSSR count). The number of benzene rings is 1. The number of hydrogen-bond donors (Lipinski definition) is 2. The normalized spacial score (nSPS) is 22.9. The van der Waals surface area contributed by atoms with E-state index in [2.05, 4.69) is 15.3 Å². The van der Waals surface area contributed by atoms with E-state index in [0.717, 1.165) is 31.5 Å². The van der Waals surface area contributed by atoms with Gasteiger partial charge in [-0.05, 0) is 62.1 Å². The van der Waals surface area contributed by atoms with Crippen molar-refractivity contribution >= 4 is 16.8 Å². The molecule has 0 spiro atoms. The summed E-state index contributed by atoms with van der Waals surface area (Å²) in [6, 6.07) is 3.19. The van der Waals surface area contributed by atoms with Crippen molar-refractivity contribution in [3.8, 4) is 0 Å². The molecule has 3 saturated carbocycles. The summed E-state index contributed by atoms with van der Waals surface area (Å²) in [6.07, 6.45) is 4.08. The van der Waals surface area contributed by atoms with Gasteiger partial charge in [-0.3, -0.25) is 14.6 Å². The first-order valence-electron chi connectivity index (χ1n) is 10.8. The Morgan fingerprint density at radius 2 is 1.91 bits per heavy atom. The van der Waals surface area contributed by atoms with E-state index in [1.165, 1.54) is 19.1 Å². The summed E-state index contributed by atoms with van der Waals surface area (Å²) >= 11 is 0. The molecule has 0 aliphatic heterocycles. The van der Waals surface area contributed by atoms with Crippen LogP contribution in [0.4, 0.5) is 17.6 Å². The summed E-state index contributed by atoms with van der Waals surface area (Å²) in [4.78, 5) is 32.5. The van der Waals surface area contributed by atoms with E-state index in [1.54, 1.807) is 0 Å². The third-order valence-corrected chi connectivity index (χ3v) is 7.04. The fraction of sp³-hybridized carbons (Fsp3) is 0.375. The van der Waals surface area contributed by atoms with E-state index in [1.807, 2.05) is 0 Å². The van der Waals surface area contributed by atoms with Gasteiger partial charge in [0.25, 0.3) is 5.56 Å². The van der Waals surface area contributed by atoms with Crippen molar-refractivity contribution in [2.45, 2.75) is 44.6 Å². The minimum Gasteiger partial charge on any atom is -0.347 e. The Morgan fingerprint density at radius 1 is 1.18 bits per heavy atom. The number of pyridine rings is 2. The number of halogens is 4. The second-order valence-corrected chi connectivity index (χ2v) is 9.36. The second-order valence-electron chi connectivity index (χ2n) is 9.36. The smallest absolute Gasteiger partial charge is 0.252 e. The minimum absolute atomic E-state index is 0.0222. The molecule has 2 N–H and O–H groups in total. The standard InChI is InChI=1S/C24H21F4N3O2/c1-11(21-18(27)4-13(25)10-29-21)30-23(33)16(9-24-6-12(7-24)8-24)14-5-15-19(31-22(14)32)3-2-17(26)20(15)28/h2-5,10-12,16H,6-9H2,1H3,(H,30,33)(H,31,32)/t11-,12?,16-,24?/m0/s1. The first-order valence-corrected chi connectivity index (χ1v) is 10.8. The van der Waals surface area contributed by atoms with Gasteiger partial charge in [0.05, 0.1) is 29.4 Å². The third kappa shape index (κ3) is 3.69. The number of carbonyl (C=O) groups excluding carboxylic acids is 1. The van der Waals surface area contributed by atoms with Gasteiger partial charge in [-0.2, -0.15) is 0 Å². The highest BCUT2D eigenvalue weighted by Crippen LogP contribution is 2.67. The number of nitrogens with zero attached hydrogens (tertiary/aromatic N) is 1. The first kappa shape index (κ1) is 21.6. The zero-order valence-electron chi connectivity index (χ0n) is 17.7.